The first-order chi connectivity index (χ1) is 8.51. The lowest BCUT2D eigenvalue weighted by atomic mass is 10.1. The van der Waals surface area contributed by atoms with E-state index in [0.717, 1.165) is 19.4 Å². The third-order valence-corrected chi connectivity index (χ3v) is 5.00. The number of halogens is 1. The predicted octanol–water partition coefficient (Wildman–Crippen LogP) is 0.579. The Hall–Kier alpha value is -0.760. The van der Waals surface area contributed by atoms with E-state index in [0.29, 0.717) is 12.2 Å². The fourth-order valence-corrected chi connectivity index (χ4v) is 3.26. The quantitative estimate of drug-likeness (QED) is 0.884. The molecule has 1 N–H and O–H groups in total. The minimum Gasteiger partial charge on any atom is -0.315 e. The number of nitrogens with one attached hydrogen (secondary N) is 1. The van der Waals surface area contributed by atoms with E-state index in [1.54, 1.807) is 20.0 Å². The summed E-state index contributed by atoms with van der Waals surface area (Å²) in [4.78, 5) is 0. The number of nitrogens with zero attached hydrogens (tertiary/aromatic N) is 3. The first-order valence-electron chi connectivity index (χ1n) is 6.01. The Kier molecular flexibility index (Phi) is 5.66. The van der Waals surface area contributed by atoms with Crippen LogP contribution in [-0.2, 0) is 10.0 Å². The van der Waals surface area contributed by atoms with Gasteiger partial charge in [-0.15, -0.1) is 17.5 Å². The molecule has 2 rings (SSSR count). The van der Waals surface area contributed by atoms with Crippen molar-refractivity contribution >= 4 is 22.4 Å². The van der Waals surface area contributed by atoms with E-state index in [-0.39, 0.29) is 23.5 Å². The first kappa shape index (κ1) is 16.3. The fraction of sp³-hybridized carbons (Fsp3) is 0.636. The Morgan fingerprint density at radius 3 is 2.63 bits per heavy atom. The van der Waals surface area contributed by atoms with E-state index in [9.17, 15) is 8.42 Å². The van der Waals surface area contributed by atoms with Crippen molar-refractivity contribution < 1.29 is 8.42 Å². The fourth-order valence-electron chi connectivity index (χ4n) is 2.01. The Morgan fingerprint density at radius 2 is 2.11 bits per heavy atom. The summed E-state index contributed by atoms with van der Waals surface area (Å²) in [7, 11) is -1.93. The van der Waals surface area contributed by atoms with Crippen molar-refractivity contribution in [3.05, 3.63) is 17.8 Å². The lowest BCUT2D eigenvalue weighted by Crippen LogP contribution is -2.46. The SMILES string of the molecule is Cc1ccc(S(=O)(=O)N(C)C2CCCNC2)nn1.Cl. The topological polar surface area (TPSA) is 75.2 Å². The number of aromatic nitrogens is 2. The highest BCUT2D eigenvalue weighted by atomic mass is 35.5. The van der Waals surface area contributed by atoms with Crippen molar-refractivity contribution in [2.24, 2.45) is 0 Å². The highest BCUT2D eigenvalue weighted by Gasteiger charge is 2.30. The van der Waals surface area contributed by atoms with Gasteiger partial charge in [-0.1, -0.05) is 0 Å². The Labute approximate surface area is 120 Å². The second-order valence-electron chi connectivity index (χ2n) is 4.53. The van der Waals surface area contributed by atoms with Gasteiger partial charge in [-0.25, -0.2) is 8.42 Å². The summed E-state index contributed by atoms with van der Waals surface area (Å²) in [6.45, 7) is 3.42. The summed E-state index contributed by atoms with van der Waals surface area (Å²) in [5.41, 5.74) is 0.705. The molecule has 19 heavy (non-hydrogen) atoms. The molecular formula is C11H19ClN4O2S. The first-order valence-corrected chi connectivity index (χ1v) is 7.45. The van der Waals surface area contributed by atoms with Gasteiger partial charge in [0.05, 0.1) is 5.69 Å². The van der Waals surface area contributed by atoms with Gasteiger partial charge in [-0.2, -0.15) is 9.40 Å². The van der Waals surface area contributed by atoms with Crippen molar-refractivity contribution in [3.63, 3.8) is 0 Å². The van der Waals surface area contributed by atoms with Gasteiger partial charge in [0.2, 0.25) is 0 Å². The predicted molar refractivity (Wildman–Crippen MR) is 74.9 cm³/mol. The average Bonchev–Trinajstić information content (AvgIpc) is 2.39. The molecule has 0 aromatic carbocycles. The number of likely N-dealkylation sites (N-methyl/N-ethyl adjacent to an activating group) is 1. The molecule has 1 unspecified atom stereocenters. The molecule has 1 aliphatic heterocycles. The Bertz CT molecular complexity index is 500. The number of hydrogen-bond donors (Lipinski definition) is 1. The van der Waals surface area contributed by atoms with E-state index in [1.165, 1.54) is 10.4 Å². The van der Waals surface area contributed by atoms with Gasteiger partial charge in [0.25, 0.3) is 10.0 Å². The van der Waals surface area contributed by atoms with Crippen molar-refractivity contribution in [3.8, 4) is 0 Å². The van der Waals surface area contributed by atoms with Gasteiger partial charge in [0.1, 0.15) is 0 Å². The minimum atomic E-state index is -3.54. The molecule has 108 valence electrons. The summed E-state index contributed by atoms with van der Waals surface area (Å²) in [6, 6.07) is 3.16. The van der Waals surface area contributed by atoms with Crippen molar-refractivity contribution in [2.75, 3.05) is 20.1 Å². The van der Waals surface area contributed by atoms with Crippen molar-refractivity contribution in [1.29, 1.82) is 0 Å². The second-order valence-corrected chi connectivity index (χ2v) is 6.48. The monoisotopic (exact) mass is 306 g/mol. The van der Waals surface area contributed by atoms with E-state index < -0.39 is 10.0 Å². The summed E-state index contributed by atoms with van der Waals surface area (Å²) in [5.74, 6) is 0. The van der Waals surface area contributed by atoms with Crippen LogP contribution in [0, 0.1) is 6.92 Å². The zero-order valence-corrected chi connectivity index (χ0v) is 12.7. The van der Waals surface area contributed by atoms with Crippen LogP contribution in [0.5, 0.6) is 0 Å². The van der Waals surface area contributed by atoms with Crippen molar-refractivity contribution in [2.45, 2.75) is 30.8 Å². The average molecular weight is 307 g/mol. The maximum absolute atomic E-state index is 12.3. The minimum absolute atomic E-state index is 0. The molecule has 6 nitrogen and oxygen atoms in total. The molecule has 0 saturated carbocycles. The van der Waals surface area contributed by atoms with Crippen LogP contribution in [0.1, 0.15) is 18.5 Å². The Morgan fingerprint density at radius 1 is 1.37 bits per heavy atom. The van der Waals surface area contributed by atoms with Crippen LogP contribution in [0.25, 0.3) is 0 Å². The lowest BCUT2D eigenvalue weighted by molar-refractivity contribution is 0.299. The number of aryl methyl sites for hydroxylation is 1. The summed E-state index contributed by atoms with van der Waals surface area (Å²) in [5, 5.41) is 10.8. The number of hydrogen-bond acceptors (Lipinski definition) is 5. The Balaban J connectivity index is 0.00000180. The van der Waals surface area contributed by atoms with E-state index in [4.69, 9.17) is 0 Å². The number of piperidine rings is 1. The smallest absolute Gasteiger partial charge is 0.262 e. The maximum Gasteiger partial charge on any atom is 0.262 e. The standard InChI is InChI=1S/C11H18N4O2S.ClH/c1-9-5-6-11(14-13-9)18(16,17)15(2)10-4-3-7-12-8-10;/h5-6,10,12H,3-4,7-8H2,1-2H3;1H. The molecule has 0 bridgehead atoms. The second kappa shape index (κ2) is 6.60. The normalized spacial score (nSPS) is 20.1. The molecule has 2 heterocycles. The molecule has 1 fully saturated rings. The third kappa shape index (κ3) is 3.62. The van der Waals surface area contributed by atoms with Crippen LogP contribution >= 0.6 is 12.4 Å². The molecule has 0 amide bonds. The maximum atomic E-state index is 12.3. The molecule has 1 saturated heterocycles. The third-order valence-electron chi connectivity index (χ3n) is 3.20. The molecule has 1 aliphatic rings. The van der Waals surface area contributed by atoms with E-state index >= 15 is 0 Å². The molecule has 0 spiro atoms. The van der Waals surface area contributed by atoms with E-state index in [2.05, 4.69) is 15.5 Å². The molecule has 1 aromatic rings. The zero-order chi connectivity index (χ0) is 13.2. The molecule has 1 aromatic heterocycles. The van der Waals surface area contributed by atoms with Gasteiger partial charge in [-0.3, -0.25) is 0 Å². The van der Waals surface area contributed by atoms with Crippen LogP contribution in [0.4, 0.5) is 0 Å². The summed E-state index contributed by atoms with van der Waals surface area (Å²) < 4.78 is 26.1. The number of sulfonamides is 1. The summed E-state index contributed by atoms with van der Waals surface area (Å²) in [6.07, 6.45) is 1.87. The van der Waals surface area contributed by atoms with Crippen LogP contribution in [-0.4, -0.2) is 49.1 Å². The van der Waals surface area contributed by atoms with Crippen LogP contribution in [0.2, 0.25) is 0 Å². The van der Waals surface area contributed by atoms with Crippen molar-refractivity contribution in [1.82, 2.24) is 19.8 Å². The van der Waals surface area contributed by atoms with Gasteiger partial charge in [-0.05, 0) is 38.4 Å². The van der Waals surface area contributed by atoms with Crippen LogP contribution in [0.15, 0.2) is 17.2 Å². The van der Waals surface area contributed by atoms with Gasteiger partial charge in [0, 0.05) is 19.6 Å². The van der Waals surface area contributed by atoms with Gasteiger partial charge >= 0.3 is 0 Å². The summed E-state index contributed by atoms with van der Waals surface area (Å²) >= 11 is 0. The van der Waals surface area contributed by atoms with Gasteiger partial charge in [0.15, 0.2) is 5.03 Å². The molecule has 1 atom stereocenters. The van der Waals surface area contributed by atoms with E-state index in [1.807, 2.05) is 0 Å². The zero-order valence-electron chi connectivity index (χ0n) is 11.0. The largest absolute Gasteiger partial charge is 0.315 e. The number of rotatable bonds is 3. The molecule has 8 heteroatoms. The highest BCUT2D eigenvalue weighted by molar-refractivity contribution is 7.89. The van der Waals surface area contributed by atoms with Gasteiger partial charge < -0.3 is 5.32 Å². The van der Waals surface area contributed by atoms with Crippen LogP contribution < -0.4 is 5.32 Å². The molecule has 0 radical (unpaired) electrons. The molecule has 0 aliphatic carbocycles. The lowest BCUT2D eigenvalue weighted by Gasteiger charge is -2.30. The molecular weight excluding hydrogens is 288 g/mol. The highest BCUT2D eigenvalue weighted by Crippen LogP contribution is 2.17. The van der Waals surface area contributed by atoms with Crippen LogP contribution in [0.3, 0.4) is 0 Å².